The molecule has 0 spiro atoms. The largest absolute Gasteiger partial charge is 0.497 e. The molecule has 0 radical (unpaired) electrons. The lowest BCUT2D eigenvalue weighted by Gasteiger charge is -2.10. The van der Waals surface area contributed by atoms with Crippen molar-refractivity contribution >= 4 is 21.6 Å². The first-order valence-corrected chi connectivity index (χ1v) is 8.71. The molecule has 0 unspecified atom stereocenters. The third-order valence-corrected chi connectivity index (χ3v) is 4.62. The maximum Gasteiger partial charge on any atom is 0.405 e. The number of nitrogens with one attached hydrogen (secondary N) is 2. The Kier molecular flexibility index (Phi) is 5.76. The van der Waals surface area contributed by atoms with Gasteiger partial charge in [0.2, 0.25) is 0 Å². The van der Waals surface area contributed by atoms with E-state index in [-0.39, 0.29) is 10.5 Å². The molecule has 0 aliphatic rings. The molecule has 0 saturated heterocycles. The molecule has 2 N–H and O–H groups in total. The molecular weight excluding hydrogens is 373 g/mol. The summed E-state index contributed by atoms with van der Waals surface area (Å²) in [6.07, 6.45) is -4.53. The van der Waals surface area contributed by atoms with E-state index in [4.69, 9.17) is 4.74 Å². The number of halogens is 3. The lowest BCUT2D eigenvalue weighted by Crippen LogP contribution is -2.33. The second-order valence-electron chi connectivity index (χ2n) is 5.16. The standard InChI is InChI=1S/C16H15F3N2O4S/c1-25-13-6-4-12(5-7-13)21-26(23,24)14-8-2-11(3-9-14)15(22)20-10-16(17,18)19/h2-9,21H,10H2,1H3,(H,20,22). The highest BCUT2D eigenvalue weighted by molar-refractivity contribution is 7.92. The zero-order valence-electron chi connectivity index (χ0n) is 13.5. The predicted molar refractivity (Wildman–Crippen MR) is 88.6 cm³/mol. The van der Waals surface area contributed by atoms with Crippen LogP contribution in [0.2, 0.25) is 0 Å². The van der Waals surface area contributed by atoms with Crippen LogP contribution < -0.4 is 14.8 Å². The van der Waals surface area contributed by atoms with Gasteiger partial charge in [0.1, 0.15) is 12.3 Å². The molecule has 2 aromatic rings. The summed E-state index contributed by atoms with van der Waals surface area (Å²) in [6.45, 7) is -1.47. The number of rotatable bonds is 6. The molecule has 0 heterocycles. The van der Waals surface area contributed by atoms with E-state index < -0.39 is 28.7 Å². The number of hydrogen-bond donors (Lipinski definition) is 2. The van der Waals surface area contributed by atoms with Crippen LogP contribution in [0.25, 0.3) is 0 Å². The Morgan fingerprint density at radius 2 is 1.62 bits per heavy atom. The van der Waals surface area contributed by atoms with Crippen LogP contribution in [0, 0.1) is 0 Å². The number of amides is 1. The Hall–Kier alpha value is -2.75. The van der Waals surface area contributed by atoms with Gasteiger partial charge in [0.05, 0.1) is 12.0 Å². The number of ether oxygens (including phenoxy) is 1. The van der Waals surface area contributed by atoms with Gasteiger partial charge < -0.3 is 10.1 Å². The molecule has 2 rings (SSSR count). The van der Waals surface area contributed by atoms with Gasteiger partial charge in [0.25, 0.3) is 15.9 Å². The lowest BCUT2D eigenvalue weighted by molar-refractivity contribution is -0.123. The van der Waals surface area contributed by atoms with Gasteiger partial charge in [-0.2, -0.15) is 13.2 Å². The summed E-state index contributed by atoms with van der Waals surface area (Å²) in [6, 6.07) is 10.7. The number of carbonyl (C=O) groups is 1. The highest BCUT2D eigenvalue weighted by atomic mass is 32.2. The number of methoxy groups -OCH3 is 1. The van der Waals surface area contributed by atoms with E-state index in [2.05, 4.69) is 4.72 Å². The smallest absolute Gasteiger partial charge is 0.405 e. The summed E-state index contributed by atoms with van der Waals surface area (Å²) in [5.74, 6) is -0.392. The van der Waals surface area contributed by atoms with Crippen molar-refractivity contribution in [1.29, 1.82) is 0 Å². The van der Waals surface area contributed by atoms with Crippen molar-refractivity contribution in [2.75, 3.05) is 18.4 Å². The van der Waals surface area contributed by atoms with E-state index in [9.17, 15) is 26.4 Å². The molecule has 0 saturated carbocycles. The summed E-state index contributed by atoms with van der Waals surface area (Å²) in [5, 5.41) is 1.71. The average molecular weight is 388 g/mol. The Bertz CT molecular complexity index is 864. The number of carbonyl (C=O) groups excluding carboxylic acids is 1. The Balaban J connectivity index is 2.09. The number of sulfonamides is 1. The maximum atomic E-state index is 12.3. The number of hydrogen-bond acceptors (Lipinski definition) is 4. The molecule has 26 heavy (non-hydrogen) atoms. The van der Waals surface area contributed by atoms with E-state index in [1.165, 1.54) is 19.2 Å². The first-order valence-electron chi connectivity index (χ1n) is 7.22. The van der Waals surface area contributed by atoms with Crippen molar-refractivity contribution < 1.29 is 31.1 Å². The monoisotopic (exact) mass is 388 g/mol. The van der Waals surface area contributed by atoms with Crippen molar-refractivity contribution in [2.45, 2.75) is 11.1 Å². The van der Waals surface area contributed by atoms with Gasteiger partial charge in [0, 0.05) is 11.3 Å². The first kappa shape index (κ1) is 19.6. The van der Waals surface area contributed by atoms with Crippen LogP contribution in [0.3, 0.4) is 0 Å². The van der Waals surface area contributed by atoms with Crippen LogP contribution in [0.5, 0.6) is 5.75 Å². The fraction of sp³-hybridized carbons (Fsp3) is 0.188. The predicted octanol–water partition coefficient (Wildman–Crippen LogP) is 2.79. The Labute approximate surface area is 148 Å². The molecule has 1 amide bonds. The third kappa shape index (κ3) is 5.38. The highest BCUT2D eigenvalue weighted by Gasteiger charge is 2.28. The van der Waals surface area contributed by atoms with Crippen LogP contribution in [0.1, 0.15) is 10.4 Å². The van der Waals surface area contributed by atoms with E-state index >= 15 is 0 Å². The molecule has 6 nitrogen and oxygen atoms in total. The third-order valence-electron chi connectivity index (χ3n) is 3.22. The molecule has 140 valence electrons. The lowest BCUT2D eigenvalue weighted by atomic mass is 10.2. The van der Waals surface area contributed by atoms with Crippen LogP contribution in [0.15, 0.2) is 53.4 Å². The number of alkyl halides is 3. The zero-order valence-corrected chi connectivity index (χ0v) is 14.3. The highest BCUT2D eigenvalue weighted by Crippen LogP contribution is 2.20. The minimum atomic E-state index is -4.53. The fourth-order valence-corrected chi connectivity index (χ4v) is 3.00. The van der Waals surface area contributed by atoms with E-state index in [0.717, 1.165) is 24.3 Å². The fourth-order valence-electron chi connectivity index (χ4n) is 1.94. The molecule has 2 aromatic carbocycles. The van der Waals surface area contributed by atoms with E-state index in [1.807, 2.05) is 0 Å². The number of benzene rings is 2. The van der Waals surface area contributed by atoms with Crippen molar-refractivity contribution in [1.82, 2.24) is 5.32 Å². The van der Waals surface area contributed by atoms with Gasteiger partial charge in [0.15, 0.2) is 0 Å². The van der Waals surface area contributed by atoms with Crippen LogP contribution in [-0.2, 0) is 10.0 Å². The van der Waals surface area contributed by atoms with Crippen LogP contribution in [0.4, 0.5) is 18.9 Å². The summed E-state index contributed by atoms with van der Waals surface area (Å²) >= 11 is 0. The van der Waals surface area contributed by atoms with Crippen LogP contribution >= 0.6 is 0 Å². The second-order valence-corrected chi connectivity index (χ2v) is 6.84. The topological polar surface area (TPSA) is 84.5 Å². The first-order chi connectivity index (χ1) is 12.1. The van der Waals surface area contributed by atoms with Gasteiger partial charge in [-0.05, 0) is 48.5 Å². The molecule has 0 aliphatic carbocycles. The zero-order chi connectivity index (χ0) is 19.4. The quantitative estimate of drug-likeness (QED) is 0.797. The van der Waals surface area contributed by atoms with Crippen molar-refractivity contribution in [3.05, 3.63) is 54.1 Å². The van der Waals surface area contributed by atoms with Crippen molar-refractivity contribution in [3.8, 4) is 5.75 Å². The van der Waals surface area contributed by atoms with Crippen molar-refractivity contribution in [2.24, 2.45) is 0 Å². The molecule has 0 aliphatic heterocycles. The maximum absolute atomic E-state index is 12.3. The second kappa shape index (κ2) is 7.65. The molecule has 10 heteroatoms. The number of anilines is 1. The minimum Gasteiger partial charge on any atom is -0.497 e. The molecule has 0 bridgehead atoms. The molecule has 0 fully saturated rings. The summed E-state index contributed by atoms with van der Waals surface area (Å²) in [4.78, 5) is 11.5. The van der Waals surface area contributed by atoms with Gasteiger partial charge in [-0.1, -0.05) is 0 Å². The average Bonchev–Trinajstić information content (AvgIpc) is 2.59. The SMILES string of the molecule is COc1ccc(NS(=O)(=O)c2ccc(C(=O)NCC(F)(F)F)cc2)cc1. The molecular formula is C16H15F3N2O4S. The summed E-state index contributed by atoms with van der Waals surface area (Å²) < 4.78 is 68.2. The normalized spacial score (nSPS) is 11.7. The van der Waals surface area contributed by atoms with E-state index in [1.54, 1.807) is 17.4 Å². The minimum absolute atomic E-state index is 0.0855. The van der Waals surface area contributed by atoms with Gasteiger partial charge in [-0.3, -0.25) is 9.52 Å². The summed E-state index contributed by atoms with van der Waals surface area (Å²) in [5.41, 5.74) is 0.218. The van der Waals surface area contributed by atoms with Crippen molar-refractivity contribution in [3.63, 3.8) is 0 Å². The van der Waals surface area contributed by atoms with E-state index in [0.29, 0.717) is 11.4 Å². The Morgan fingerprint density at radius 1 is 1.04 bits per heavy atom. The van der Waals surface area contributed by atoms with Gasteiger partial charge in [-0.25, -0.2) is 8.42 Å². The van der Waals surface area contributed by atoms with Gasteiger partial charge in [-0.15, -0.1) is 0 Å². The van der Waals surface area contributed by atoms with Crippen LogP contribution in [-0.4, -0.2) is 34.2 Å². The van der Waals surface area contributed by atoms with Gasteiger partial charge >= 0.3 is 6.18 Å². The summed E-state index contributed by atoms with van der Waals surface area (Å²) in [7, 11) is -2.44. The molecule has 0 aromatic heterocycles. The Morgan fingerprint density at radius 3 is 2.12 bits per heavy atom. The molecule has 0 atom stereocenters.